The van der Waals surface area contributed by atoms with Crippen molar-refractivity contribution < 1.29 is 9.15 Å². The Morgan fingerprint density at radius 3 is 3.10 bits per heavy atom. The Morgan fingerprint density at radius 1 is 1.35 bits per heavy atom. The van der Waals surface area contributed by atoms with Gasteiger partial charge in [-0.05, 0) is 17.5 Å². The van der Waals surface area contributed by atoms with Crippen LogP contribution < -0.4 is 5.32 Å². The molecule has 0 spiro atoms. The van der Waals surface area contributed by atoms with Crippen molar-refractivity contribution in [1.29, 1.82) is 0 Å². The Hall–Kier alpha value is -1.65. The molecule has 1 aliphatic rings. The first kappa shape index (κ1) is 13.3. The molecule has 1 aliphatic heterocycles. The van der Waals surface area contributed by atoms with Crippen LogP contribution in [0, 0.1) is 0 Å². The maximum atomic E-state index is 5.86. The maximum absolute atomic E-state index is 5.86. The van der Waals surface area contributed by atoms with Crippen LogP contribution >= 0.6 is 0 Å². The fourth-order valence-electron chi connectivity index (χ4n) is 2.55. The Morgan fingerprint density at radius 2 is 2.25 bits per heavy atom. The second-order valence-corrected chi connectivity index (χ2v) is 5.01. The van der Waals surface area contributed by atoms with Gasteiger partial charge in [-0.2, -0.15) is 0 Å². The number of aryl methyl sites for hydroxylation is 1. The summed E-state index contributed by atoms with van der Waals surface area (Å²) in [4.78, 5) is 4.24. The molecule has 4 heteroatoms. The minimum atomic E-state index is 0.126. The lowest BCUT2D eigenvalue weighted by atomic mass is 9.97. The van der Waals surface area contributed by atoms with Crippen molar-refractivity contribution in [2.24, 2.45) is 0 Å². The first-order chi connectivity index (χ1) is 9.86. The van der Waals surface area contributed by atoms with E-state index in [-0.39, 0.29) is 6.10 Å². The quantitative estimate of drug-likeness (QED) is 0.909. The number of benzene rings is 1. The SMILES string of the molecule is CCc1cnc(CNCC2OCCc3ccccc32)o1. The molecule has 1 N–H and O–H groups in total. The molecular formula is C16H20N2O2. The summed E-state index contributed by atoms with van der Waals surface area (Å²) in [5, 5.41) is 3.37. The van der Waals surface area contributed by atoms with E-state index in [2.05, 4.69) is 41.5 Å². The molecule has 4 nitrogen and oxygen atoms in total. The van der Waals surface area contributed by atoms with Gasteiger partial charge in [0, 0.05) is 13.0 Å². The van der Waals surface area contributed by atoms with Crippen molar-refractivity contribution in [2.45, 2.75) is 32.4 Å². The summed E-state index contributed by atoms with van der Waals surface area (Å²) in [5.41, 5.74) is 2.70. The highest BCUT2D eigenvalue weighted by atomic mass is 16.5. The molecule has 1 atom stereocenters. The van der Waals surface area contributed by atoms with Crippen LogP contribution in [0.3, 0.4) is 0 Å². The predicted octanol–water partition coefficient (Wildman–Crippen LogP) is 2.64. The van der Waals surface area contributed by atoms with Gasteiger partial charge >= 0.3 is 0 Å². The molecule has 1 unspecified atom stereocenters. The first-order valence-corrected chi connectivity index (χ1v) is 7.20. The molecule has 2 aromatic rings. The number of nitrogens with one attached hydrogen (secondary N) is 1. The predicted molar refractivity (Wildman–Crippen MR) is 76.4 cm³/mol. The highest BCUT2D eigenvalue weighted by Gasteiger charge is 2.19. The van der Waals surface area contributed by atoms with E-state index in [1.807, 2.05) is 0 Å². The zero-order valence-electron chi connectivity index (χ0n) is 11.8. The summed E-state index contributed by atoms with van der Waals surface area (Å²) in [5.74, 6) is 1.67. The normalized spacial score (nSPS) is 17.9. The molecule has 0 fully saturated rings. The van der Waals surface area contributed by atoms with E-state index >= 15 is 0 Å². The van der Waals surface area contributed by atoms with Gasteiger partial charge in [0.15, 0.2) is 0 Å². The van der Waals surface area contributed by atoms with Crippen molar-refractivity contribution in [3.63, 3.8) is 0 Å². The third kappa shape index (κ3) is 2.92. The largest absolute Gasteiger partial charge is 0.444 e. The zero-order valence-corrected chi connectivity index (χ0v) is 11.8. The van der Waals surface area contributed by atoms with Gasteiger partial charge in [-0.3, -0.25) is 0 Å². The highest BCUT2D eigenvalue weighted by molar-refractivity contribution is 5.31. The van der Waals surface area contributed by atoms with Gasteiger partial charge in [0.1, 0.15) is 5.76 Å². The smallest absolute Gasteiger partial charge is 0.208 e. The maximum Gasteiger partial charge on any atom is 0.208 e. The molecule has 20 heavy (non-hydrogen) atoms. The summed E-state index contributed by atoms with van der Waals surface area (Å²) >= 11 is 0. The minimum absolute atomic E-state index is 0.126. The third-order valence-corrected chi connectivity index (χ3v) is 3.65. The minimum Gasteiger partial charge on any atom is -0.444 e. The molecular weight excluding hydrogens is 252 g/mol. The molecule has 106 valence electrons. The molecule has 0 amide bonds. The summed E-state index contributed by atoms with van der Waals surface area (Å²) < 4.78 is 11.4. The van der Waals surface area contributed by atoms with Gasteiger partial charge in [0.2, 0.25) is 5.89 Å². The van der Waals surface area contributed by atoms with Gasteiger partial charge in [-0.25, -0.2) is 4.98 Å². The van der Waals surface area contributed by atoms with E-state index in [1.165, 1.54) is 11.1 Å². The van der Waals surface area contributed by atoms with E-state index < -0.39 is 0 Å². The fraction of sp³-hybridized carbons (Fsp3) is 0.438. The van der Waals surface area contributed by atoms with Gasteiger partial charge in [-0.1, -0.05) is 31.2 Å². The average molecular weight is 272 g/mol. The van der Waals surface area contributed by atoms with E-state index in [9.17, 15) is 0 Å². The van der Waals surface area contributed by atoms with Crippen LogP contribution in [0.5, 0.6) is 0 Å². The molecule has 0 bridgehead atoms. The number of ether oxygens (including phenoxy) is 1. The lowest BCUT2D eigenvalue weighted by Gasteiger charge is -2.26. The lowest BCUT2D eigenvalue weighted by Crippen LogP contribution is -2.27. The molecule has 0 saturated heterocycles. The Kier molecular flexibility index (Phi) is 4.14. The van der Waals surface area contributed by atoms with Crippen LogP contribution in [0.1, 0.15) is 35.8 Å². The van der Waals surface area contributed by atoms with Crippen LogP contribution in [0.2, 0.25) is 0 Å². The Balaban J connectivity index is 1.57. The van der Waals surface area contributed by atoms with E-state index in [4.69, 9.17) is 9.15 Å². The van der Waals surface area contributed by atoms with Gasteiger partial charge in [0.05, 0.1) is 25.5 Å². The standard InChI is InChI=1S/C16H20N2O2/c1-2-13-9-18-16(20-13)11-17-10-15-14-6-4-3-5-12(14)7-8-19-15/h3-6,9,15,17H,2,7-8,10-11H2,1H3. The number of hydrogen-bond acceptors (Lipinski definition) is 4. The Bertz CT molecular complexity index is 565. The number of rotatable bonds is 5. The molecule has 2 heterocycles. The first-order valence-electron chi connectivity index (χ1n) is 7.20. The Labute approximate surface area is 119 Å². The van der Waals surface area contributed by atoms with E-state index in [0.717, 1.165) is 37.6 Å². The molecule has 1 aromatic carbocycles. The van der Waals surface area contributed by atoms with E-state index in [1.54, 1.807) is 6.20 Å². The van der Waals surface area contributed by atoms with Gasteiger partial charge < -0.3 is 14.5 Å². The molecule has 3 rings (SSSR count). The molecule has 0 saturated carbocycles. The number of fused-ring (bicyclic) bond motifs is 1. The summed E-state index contributed by atoms with van der Waals surface area (Å²) in [6.07, 6.45) is 3.81. The summed E-state index contributed by atoms with van der Waals surface area (Å²) in [6.45, 7) is 4.27. The van der Waals surface area contributed by atoms with Crippen molar-refractivity contribution in [3.05, 3.63) is 53.2 Å². The molecule has 0 radical (unpaired) electrons. The van der Waals surface area contributed by atoms with Crippen LogP contribution in [0.4, 0.5) is 0 Å². The van der Waals surface area contributed by atoms with Crippen molar-refractivity contribution in [2.75, 3.05) is 13.2 Å². The topological polar surface area (TPSA) is 47.3 Å². The molecule has 1 aromatic heterocycles. The second-order valence-electron chi connectivity index (χ2n) is 5.01. The zero-order chi connectivity index (χ0) is 13.8. The van der Waals surface area contributed by atoms with Crippen LogP contribution in [-0.4, -0.2) is 18.1 Å². The molecule has 0 aliphatic carbocycles. The lowest BCUT2D eigenvalue weighted by molar-refractivity contribution is 0.0420. The van der Waals surface area contributed by atoms with Crippen molar-refractivity contribution in [1.82, 2.24) is 10.3 Å². The van der Waals surface area contributed by atoms with Crippen LogP contribution in [0.25, 0.3) is 0 Å². The van der Waals surface area contributed by atoms with Gasteiger partial charge in [-0.15, -0.1) is 0 Å². The fourth-order valence-corrected chi connectivity index (χ4v) is 2.55. The van der Waals surface area contributed by atoms with Gasteiger partial charge in [0.25, 0.3) is 0 Å². The third-order valence-electron chi connectivity index (χ3n) is 3.65. The average Bonchev–Trinajstić information content (AvgIpc) is 2.95. The number of aromatic nitrogens is 1. The van der Waals surface area contributed by atoms with Crippen molar-refractivity contribution in [3.8, 4) is 0 Å². The van der Waals surface area contributed by atoms with Crippen LogP contribution in [-0.2, 0) is 24.1 Å². The number of nitrogens with zero attached hydrogens (tertiary/aromatic N) is 1. The second kappa shape index (κ2) is 6.20. The summed E-state index contributed by atoms with van der Waals surface area (Å²) in [7, 11) is 0. The number of hydrogen-bond donors (Lipinski definition) is 1. The van der Waals surface area contributed by atoms with Crippen LogP contribution in [0.15, 0.2) is 34.9 Å². The van der Waals surface area contributed by atoms with E-state index in [0.29, 0.717) is 6.54 Å². The summed E-state index contributed by atoms with van der Waals surface area (Å²) in [6, 6.07) is 8.50. The van der Waals surface area contributed by atoms with Crippen molar-refractivity contribution >= 4 is 0 Å². The number of oxazole rings is 1. The monoisotopic (exact) mass is 272 g/mol. The highest BCUT2D eigenvalue weighted by Crippen LogP contribution is 2.26.